The highest BCUT2D eigenvalue weighted by atomic mass is 16.7. The molecule has 0 N–H and O–H groups in total. The zero-order valence-electron chi connectivity index (χ0n) is 16.7. The SMILES string of the molecule is Cn1ncc2c1CN(C(=O)OC(C)(C)C)CC2ON1C(=O)c2ccccc2C1=O. The predicted octanol–water partition coefficient (Wildman–Crippen LogP) is 2.44. The van der Waals surface area contributed by atoms with Crippen LogP contribution in [0.25, 0.3) is 0 Å². The molecule has 0 saturated heterocycles. The zero-order chi connectivity index (χ0) is 20.9. The van der Waals surface area contributed by atoms with Gasteiger partial charge in [-0.3, -0.25) is 24.0 Å². The van der Waals surface area contributed by atoms with Crippen LogP contribution in [0, 0.1) is 0 Å². The van der Waals surface area contributed by atoms with Crippen molar-refractivity contribution in [1.82, 2.24) is 19.7 Å². The van der Waals surface area contributed by atoms with E-state index < -0.39 is 29.6 Å². The maximum atomic E-state index is 12.7. The first-order valence-electron chi connectivity index (χ1n) is 9.29. The molecule has 1 aromatic carbocycles. The Kier molecular flexibility index (Phi) is 4.42. The van der Waals surface area contributed by atoms with E-state index in [0.717, 1.165) is 16.3 Å². The number of hydrogen-bond acceptors (Lipinski definition) is 6. The van der Waals surface area contributed by atoms with Crippen LogP contribution in [0.15, 0.2) is 30.5 Å². The van der Waals surface area contributed by atoms with Gasteiger partial charge in [-0.05, 0) is 32.9 Å². The summed E-state index contributed by atoms with van der Waals surface area (Å²) in [4.78, 5) is 45.3. The normalized spacial score (nSPS) is 18.7. The zero-order valence-corrected chi connectivity index (χ0v) is 16.7. The Hall–Kier alpha value is -3.20. The molecule has 9 nitrogen and oxygen atoms in total. The van der Waals surface area contributed by atoms with Crippen molar-refractivity contribution < 1.29 is 24.0 Å². The molecule has 0 saturated carbocycles. The van der Waals surface area contributed by atoms with Crippen molar-refractivity contribution in [3.05, 3.63) is 52.8 Å². The summed E-state index contributed by atoms with van der Waals surface area (Å²) in [6, 6.07) is 6.56. The molecule has 1 aromatic heterocycles. The smallest absolute Gasteiger partial charge is 0.410 e. The van der Waals surface area contributed by atoms with Crippen LogP contribution in [0.1, 0.15) is 58.8 Å². The van der Waals surface area contributed by atoms with Gasteiger partial charge in [0.05, 0.1) is 36.1 Å². The van der Waals surface area contributed by atoms with Crippen molar-refractivity contribution in [3.8, 4) is 0 Å². The van der Waals surface area contributed by atoms with E-state index in [1.54, 1.807) is 63.0 Å². The molecule has 1 atom stereocenters. The fraction of sp³-hybridized carbons (Fsp3) is 0.400. The molecule has 152 valence electrons. The first-order valence-corrected chi connectivity index (χ1v) is 9.29. The van der Waals surface area contributed by atoms with Crippen molar-refractivity contribution in [1.29, 1.82) is 0 Å². The summed E-state index contributed by atoms with van der Waals surface area (Å²) >= 11 is 0. The molecule has 4 rings (SSSR count). The van der Waals surface area contributed by atoms with Gasteiger partial charge in [0.1, 0.15) is 11.7 Å². The molecule has 0 aliphatic carbocycles. The van der Waals surface area contributed by atoms with E-state index in [1.807, 2.05) is 0 Å². The Morgan fingerprint density at radius 3 is 2.34 bits per heavy atom. The first-order chi connectivity index (χ1) is 13.7. The Labute approximate surface area is 167 Å². The number of aryl methyl sites for hydroxylation is 1. The predicted molar refractivity (Wildman–Crippen MR) is 101 cm³/mol. The lowest BCUT2D eigenvalue weighted by Gasteiger charge is -2.34. The van der Waals surface area contributed by atoms with Crippen LogP contribution in [0.2, 0.25) is 0 Å². The van der Waals surface area contributed by atoms with Gasteiger partial charge in [-0.1, -0.05) is 12.1 Å². The van der Waals surface area contributed by atoms with Crippen LogP contribution in [0.5, 0.6) is 0 Å². The van der Waals surface area contributed by atoms with Crippen molar-refractivity contribution in [2.45, 2.75) is 39.0 Å². The second kappa shape index (κ2) is 6.70. The lowest BCUT2D eigenvalue weighted by atomic mass is 10.1. The van der Waals surface area contributed by atoms with E-state index in [-0.39, 0.29) is 6.54 Å². The van der Waals surface area contributed by atoms with E-state index in [4.69, 9.17) is 9.57 Å². The van der Waals surface area contributed by atoms with Gasteiger partial charge in [0, 0.05) is 12.6 Å². The highest BCUT2D eigenvalue weighted by molar-refractivity contribution is 6.20. The summed E-state index contributed by atoms with van der Waals surface area (Å²) in [7, 11) is 1.76. The van der Waals surface area contributed by atoms with Gasteiger partial charge in [-0.25, -0.2) is 4.79 Å². The van der Waals surface area contributed by atoms with E-state index >= 15 is 0 Å². The van der Waals surface area contributed by atoms with Gasteiger partial charge < -0.3 is 4.74 Å². The largest absolute Gasteiger partial charge is 0.444 e. The number of carbonyl (C=O) groups is 3. The van der Waals surface area contributed by atoms with Gasteiger partial charge in [0.2, 0.25) is 0 Å². The molecule has 3 heterocycles. The van der Waals surface area contributed by atoms with Crippen molar-refractivity contribution >= 4 is 17.9 Å². The molecule has 3 amide bonds. The van der Waals surface area contributed by atoms with E-state index in [1.165, 1.54) is 4.90 Å². The molecule has 2 aliphatic heterocycles. The first kappa shape index (κ1) is 19.1. The number of rotatable bonds is 2. The maximum absolute atomic E-state index is 12.7. The van der Waals surface area contributed by atoms with Gasteiger partial charge in [0.15, 0.2) is 0 Å². The van der Waals surface area contributed by atoms with Crippen molar-refractivity contribution in [2.24, 2.45) is 7.05 Å². The molecule has 1 unspecified atom stereocenters. The number of hydroxylamine groups is 2. The molecule has 29 heavy (non-hydrogen) atoms. The third-order valence-corrected chi connectivity index (χ3v) is 4.81. The minimum atomic E-state index is -0.734. The van der Waals surface area contributed by atoms with Crippen molar-refractivity contribution in [3.63, 3.8) is 0 Å². The summed E-state index contributed by atoms with van der Waals surface area (Å²) in [5, 5.41) is 5.01. The molecule has 2 aromatic rings. The van der Waals surface area contributed by atoms with E-state index in [2.05, 4.69) is 5.10 Å². The van der Waals surface area contributed by atoms with Gasteiger partial charge >= 0.3 is 6.09 Å². The topological polar surface area (TPSA) is 94.0 Å². The summed E-state index contributed by atoms with van der Waals surface area (Å²) in [6.07, 6.45) is 0.396. The molecule has 2 aliphatic rings. The minimum Gasteiger partial charge on any atom is -0.444 e. The highest BCUT2D eigenvalue weighted by Gasteiger charge is 2.41. The van der Waals surface area contributed by atoms with Crippen LogP contribution in [-0.4, -0.2) is 49.8 Å². The maximum Gasteiger partial charge on any atom is 0.410 e. The average molecular weight is 398 g/mol. The van der Waals surface area contributed by atoms with Crippen LogP contribution < -0.4 is 0 Å². The van der Waals surface area contributed by atoms with Crippen LogP contribution in [0.4, 0.5) is 4.79 Å². The summed E-state index contributed by atoms with van der Waals surface area (Å²) in [5.74, 6) is -1.05. The molecule has 9 heteroatoms. The number of nitrogens with zero attached hydrogens (tertiary/aromatic N) is 4. The molecular formula is C20H22N4O5. The number of benzene rings is 1. The van der Waals surface area contributed by atoms with Crippen LogP contribution in [0.3, 0.4) is 0 Å². The lowest BCUT2D eigenvalue weighted by molar-refractivity contribution is -0.144. The molecule has 0 bridgehead atoms. The van der Waals surface area contributed by atoms with E-state index in [0.29, 0.717) is 17.7 Å². The lowest BCUT2D eigenvalue weighted by Crippen LogP contribution is -2.44. The van der Waals surface area contributed by atoms with Crippen molar-refractivity contribution in [2.75, 3.05) is 6.54 Å². The number of hydrogen-bond donors (Lipinski definition) is 0. The number of fused-ring (bicyclic) bond motifs is 2. The summed E-state index contributed by atoms with van der Waals surface area (Å²) in [5.41, 5.74) is 1.42. The minimum absolute atomic E-state index is 0.126. The van der Waals surface area contributed by atoms with Crippen LogP contribution >= 0.6 is 0 Å². The number of carbonyl (C=O) groups excluding carboxylic acids is 3. The number of amides is 3. The summed E-state index contributed by atoms with van der Waals surface area (Å²) < 4.78 is 7.12. The molecule has 0 fully saturated rings. The standard InChI is InChI=1S/C20H22N4O5/c1-20(2,3)28-19(27)23-10-15-14(9-21-22(15)4)16(11-23)29-24-17(25)12-7-5-6-8-13(12)18(24)26/h5-9,16H,10-11H2,1-4H3. The Balaban J connectivity index is 1.61. The second-order valence-corrected chi connectivity index (χ2v) is 8.08. The third kappa shape index (κ3) is 3.38. The van der Waals surface area contributed by atoms with Gasteiger partial charge in [-0.2, -0.15) is 5.10 Å². The number of aromatic nitrogens is 2. The number of ether oxygens (including phenoxy) is 1. The van der Waals surface area contributed by atoms with Gasteiger partial charge in [0.25, 0.3) is 11.8 Å². The summed E-state index contributed by atoms with van der Waals surface area (Å²) in [6.45, 7) is 5.79. The fourth-order valence-corrected chi connectivity index (χ4v) is 3.43. The van der Waals surface area contributed by atoms with Gasteiger partial charge in [-0.15, -0.1) is 5.06 Å². The molecular weight excluding hydrogens is 376 g/mol. The Bertz CT molecular complexity index is 972. The number of imide groups is 1. The van der Waals surface area contributed by atoms with E-state index in [9.17, 15) is 14.4 Å². The molecule has 0 spiro atoms. The Morgan fingerprint density at radius 2 is 1.76 bits per heavy atom. The molecule has 0 radical (unpaired) electrons. The van der Waals surface area contributed by atoms with Crippen LogP contribution in [-0.2, 0) is 23.2 Å². The third-order valence-electron chi connectivity index (χ3n) is 4.81. The fourth-order valence-electron chi connectivity index (χ4n) is 3.43. The monoisotopic (exact) mass is 398 g/mol. The second-order valence-electron chi connectivity index (χ2n) is 8.08. The Morgan fingerprint density at radius 1 is 1.14 bits per heavy atom. The average Bonchev–Trinajstić information content (AvgIpc) is 3.14. The highest BCUT2D eigenvalue weighted by Crippen LogP contribution is 2.33. The quantitative estimate of drug-likeness (QED) is 0.722.